The molecular weight excluding hydrogens is 426 g/mol. The van der Waals surface area contributed by atoms with E-state index in [1.54, 1.807) is 25.0 Å². The van der Waals surface area contributed by atoms with E-state index < -0.39 is 0 Å². The zero-order valence-electron chi connectivity index (χ0n) is 19.7. The predicted octanol–water partition coefficient (Wildman–Crippen LogP) is 5.83. The maximum Gasteiger partial charge on any atom is 0.248 e. The number of hydrogen-bond acceptors (Lipinski definition) is 4. The first kappa shape index (κ1) is 22.9. The Hall–Kier alpha value is -4.32. The number of nitrogens with zero attached hydrogens (tertiary/aromatic N) is 2. The highest BCUT2D eigenvalue weighted by Gasteiger charge is 2.14. The van der Waals surface area contributed by atoms with Gasteiger partial charge in [0.25, 0.3) is 0 Å². The molecule has 4 rings (SSSR count). The third-order valence-corrected chi connectivity index (χ3v) is 5.49. The summed E-state index contributed by atoms with van der Waals surface area (Å²) in [6.07, 6.45) is 5.21. The van der Waals surface area contributed by atoms with Gasteiger partial charge in [0.15, 0.2) is 11.5 Å². The Kier molecular flexibility index (Phi) is 6.78. The van der Waals surface area contributed by atoms with Gasteiger partial charge in [0, 0.05) is 29.1 Å². The molecule has 0 fully saturated rings. The number of aromatic nitrogens is 2. The van der Waals surface area contributed by atoms with Crippen LogP contribution in [0.15, 0.2) is 79.0 Å². The first-order valence-corrected chi connectivity index (χ1v) is 10.9. The topological polar surface area (TPSA) is 65.4 Å². The minimum absolute atomic E-state index is 0.209. The molecule has 1 N–H and O–H groups in total. The summed E-state index contributed by atoms with van der Waals surface area (Å²) in [5, 5.41) is 7.77. The van der Waals surface area contributed by atoms with E-state index >= 15 is 0 Å². The van der Waals surface area contributed by atoms with Crippen LogP contribution >= 0.6 is 0 Å². The van der Waals surface area contributed by atoms with Gasteiger partial charge in [-0.3, -0.25) is 4.79 Å². The highest BCUT2D eigenvalue weighted by Crippen LogP contribution is 2.33. The number of amides is 1. The number of hydrogen-bond donors (Lipinski definition) is 1. The van der Waals surface area contributed by atoms with Crippen LogP contribution in [-0.2, 0) is 4.79 Å². The van der Waals surface area contributed by atoms with Crippen molar-refractivity contribution in [2.24, 2.45) is 0 Å². The second-order valence-electron chi connectivity index (χ2n) is 7.92. The number of carbonyl (C=O) groups is 1. The van der Waals surface area contributed by atoms with Gasteiger partial charge in [0.2, 0.25) is 5.91 Å². The zero-order valence-corrected chi connectivity index (χ0v) is 19.7. The van der Waals surface area contributed by atoms with Gasteiger partial charge in [0.1, 0.15) is 5.69 Å². The van der Waals surface area contributed by atoms with E-state index in [0.717, 1.165) is 39.3 Å². The monoisotopic (exact) mass is 453 g/mol. The molecule has 0 saturated heterocycles. The first-order chi connectivity index (χ1) is 16.5. The molecule has 0 spiro atoms. The molecular formula is C28H27N3O3. The van der Waals surface area contributed by atoms with Crippen molar-refractivity contribution in [3.8, 4) is 28.4 Å². The van der Waals surface area contributed by atoms with Gasteiger partial charge in [-0.2, -0.15) is 5.10 Å². The molecule has 0 unspecified atom stereocenters. The second-order valence-corrected chi connectivity index (χ2v) is 7.92. The van der Waals surface area contributed by atoms with Crippen molar-refractivity contribution in [2.75, 3.05) is 19.5 Å². The number of para-hydroxylation sites is 1. The number of carbonyl (C=O) groups excluding carboxylic acids is 1. The van der Waals surface area contributed by atoms with Crippen molar-refractivity contribution in [3.05, 3.63) is 95.7 Å². The Morgan fingerprint density at radius 3 is 2.44 bits per heavy atom. The van der Waals surface area contributed by atoms with Gasteiger partial charge in [-0.25, -0.2) is 4.68 Å². The van der Waals surface area contributed by atoms with E-state index in [1.807, 2.05) is 86.8 Å². The molecule has 0 radical (unpaired) electrons. The summed E-state index contributed by atoms with van der Waals surface area (Å²) in [5.74, 6) is 1.04. The summed E-state index contributed by atoms with van der Waals surface area (Å²) in [4.78, 5) is 12.7. The third-order valence-electron chi connectivity index (χ3n) is 5.49. The Bertz CT molecular complexity index is 1340. The highest BCUT2D eigenvalue weighted by molar-refractivity contribution is 6.02. The van der Waals surface area contributed by atoms with E-state index in [9.17, 15) is 4.79 Å². The maximum absolute atomic E-state index is 12.7. The molecule has 0 saturated carbocycles. The summed E-state index contributed by atoms with van der Waals surface area (Å²) < 4.78 is 12.6. The van der Waals surface area contributed by atoms with Crippen molar-refractivity contribution in [2.45, 2.75) is 13.8 Å². The molecule has 1 heterocycles. The summed E-state index contributed by atoms with van der Waals surface area (Å²) in [6.45, 7) is 3.97. The quantitative estimate of drug-likeness (QED) is 0.358. The number of aryl methyl sites for hydroxylation is 2. The van der Waals surface area contributed by atoms with Gasteiger partial charge in [-0.05, 0) is 67.4 Å². The van der Waals surface area contributed by atoms with Crippen LogP contribution < -0.4 is 14.8 Å². The number of benzene rings is 3. The van der Waals surface area contributed by atoms with Crippen molar-refractivity contribution in [1.29, 1.82) is 0 Å². The smallest absolute Gasteiger partial charge is 0.248 e. The number of ether oxygens (including phenoxy) is 2. The molecule has 172 valence electrons. The Labute approximate surface area is 199 Å². The average Bonchev–Trinajstić information content (AvgIpc) is 3.29. The molecule has 3 aromatic carbocycles. The lowest BCUT2D eigenvalue weighted by atomic mass is 10.1. The van der Waals surface area contributed by atoms with Gasteiger partial charge in [-0.15, -0.1) is 0 Å². The SMILES string of the molecule is COc1ccc(-c2nn(-c3ccccc3)cc2/C=C/C(=O)Nc2cc(C)ccc2C)cc1OC. The molecule has 4 aromatic rings. The van der Waals surface area contributed by atoms with Crippen LogP contribution in [0.1, 0.15) is 16.7 Å². The van der Waals surface area contributed by atoms with Crippen LogP contribution in [-0.4, -0.2) is 29.9 Å². The average molecular weight is 454 g/mol. The summed E-state index contributed by atoms with van der Waals surface area (Å²) in [6, 6.07) is 21.5. The summed E-state index contributed by atoms with van der Waals surface area (Å²) in [5.41, 5.74) is 6.19. The van der Waals surface area contributed by atoms with Crippen LogP contribution in [0.4, 0.5) is 5.69 Å². The zero-order chi connectivity index (χ0) is 24.1. The fourth-order valence-electron chi connectivity index (χ4n) is 3.64. The molecule has 0 aliphatic heterocycles. The lowest BCUT2D eigenvalue weighted by Crippen LogP contribution is -2.09. The number of methoxy groups -OCH3 is 2. The fourth-order valence-corrected chi connectivity index (χ4v) is 3.64. The number of nitrogens with one attached hydrogen (secondary N) is 1. The molecule has 34 heavy (non-hydrogen) atoms. The van der Waals surface area contributed by atoms with Crippen molar-refractivity contribution < 1.29 is 14.3 Å². The summed E-state index contributed by atoms with van der Waals surface area (Å²) in [7, 11) is 3.20. The normalized spacial score (nSPS) is 10.9. The predicted molar refractivity (Wildman–Crippen MR) is 136 cm³/mol. The molecule has 0 aliphatic rings. The Morgan fingerprint density at radius 2 is 1.71 bits per heavy atom. The fraction of sp³-hybridized carbons (Fsp3) is 0.143. The minimum atomic E-state index is -0.209. The molecule has 0 bridgehead atoms. The lowest BCUT2D eigenvalue weighted by molar-refractivity contribution is -0.111. The molecule has 6 nitrogen and oxygen atoms in total. The van der Waals surface area contributed by atoms with Gasteiger partial charge >= 0.3 is 0 Å². The first-order valence-electron chi connectivity index (χ1n) is 10.9. The van der Waals surface area contributed by atoms with E-state index in [-0.39, 0.29) is 5.91 Å². The van der Waals surface area contributed by atoms with E-state index in [1.165, 1.54) is 6.08 Å². The van der Waals surface area contributed by atoms with Crippen molar-refractivity contribution in [3.63, 3.8) is 0 Å². The second kappa shape index (κ2) is 10.1. The largest absolute Gasteiger partial charge is 0.493 e. The van der Waals surface area contributed by atoms with Gasteiger partial charge < -0.3 is 14.8 Å². The molecule has 0 aliphatic carbocycles. The lowest BCUT2D eigenvalue weighted by Gasteiger charge is -2.09. The van der Waals surface area contributed by atoms with Crippen LogP contribution in [0.3, 0.4) is 0 Å². The molecule has 6 heteroatoms. The maximum atomic E-state index is 12.7. The summed E-state index contributed by atoms with van der Waals surface area (Å²) >= 11 is 0. The number of anilines is 1. The molecule has 1 aromatic heterocycles. The Balaban J connectivity index is 1.70. The van der Waals surface area contributed by atoms with Gasteiger partial charge in [0.05, 0.1) is 19.9 Å². The van der Waals surface area contributed by atoms with Crippen LogP contribution in [0.25, 0.3) is 23.0 Å². The molecule has 1 amide bonds. The third kappa shape index (κ3) is 5.02. The van der Waals surface area contributed by atoms with Crippen LogP contribution in [0.2, 0.25) is 0 Å². The van der Waals surface area contributed by atoms with Crippen molar-refractivity contribution in [1.82, 2.24) is 9.78 Å². The minimum Gasteiger partial charge on any atom is -0.493 e. The van der Waals surface area contributed by atoms with Crippen LogP contribution in [0, 0.1) is 13.8 Å². The molecule has 0 atom stereocenters. The Morgan fingerprint density at radius 1 is 0.941 bits per heavy atom. The van der Waals surface area contributed by atoms with Gasteiger partial charge in [-0.1, -0.05) is 30.3 Å². The van der Waals surface area contributed by atoms with E-state index in [0.29, 0.717) is 11.5 Å². The van der Waals surface area contributed by atoms with Crippen LogP contribution in [0.5, 0.6) is 11.5 Å². The highest BCUT2D eigenvalue weighted by atomic mass is 16.5. The van der Waals surface area contributed by atoms with E-state index in [2.05, 4.69) is 5.32 Å². The van der Waals surface area contributed by atoms with Crippen molar-refractivity contribution >= 4 is 17.7 Å². The standard InChI is InChI=1S/C28H27N3O3/c1-19-10-11-20(2)24(16-19)29-27(32)15-13-22-18-31(23-8-6-5-7-9-23)30-28(22)21-12-14-25(33-3)26(17-21)34-4/h5-18H,1-4H3,(H,29,32)/b15-13+. The van der Waals surface area contributed by atoms with E-state index in [4.69, 9.17) is 14.6 Å². The number of rotatable bonds is 7.